The van der Waals surface area contributed by atoms with Crippen LogP contribution < -0.4 is 4.72 Å². The molecular formula is C8H16ClNO3S. The Kier molecular flexibility index (Phi) is 4.63. The molecular weight excluding hydrogens is 226 g/mol. The van der Waals surface area contributed by atoms with Gasteiger partial charge in [-0.15, -0.1) is 11.6 Å². The molecule has 1 aliphatic rings. The third kappa shape index (κ3) is 3.38. The van der Waals surface area contributed by atoms with Crippen molar-refractivity contribution in [3.05, 3.63) is 0 Å². The second kappa shape index (κ2) is 5.30. The number of aliphatic hydroxyl groups is 1. The van der Waals surface area contributed by atoms with Crippen molar-refractivity contribution < 1.29 is 13.5 Å². The lowest BCUT2D eigenvalue weighted by Gasteiger charge is -2.30. The van der Waals surface area contributed by atoms with E-state index in [9.17, 15) is 8.42 Å². The average Bonchev–Trinajstić information content (AvgIpc) is 2.18. The van der Waals surface area contributed by atoms with Gasteiger partial charge in [0.05, 0.1) is 0 Å². The van der Waals surface area contributed by atoms with E-state index < -0.39 is 15.2 Å². The molecule has 0 heterocycles. The summed E-state index contributed by atoms with van der Waals surface area (Å²) in [5.41, 5.74) is 0. The van der Waals surface area contributed by atoms with Crippen molar-refractivity contribution >= 4 is 21.6 Å². The molecule has 1 rings (SSSR count). The number of aliphatic hydroxyl groups excluding tert-OH is 1. The summed E-state index contributed by atoms with van der Waals surface area (Å²) >= 11 is 5.29. The number of alkyl halides is 1. The maximum absolute atomic E-state index is 11.2. The zero-order valence-electron chi connectivity index (χ0n) is 7.95. The largest absolute Gasteiger partial charge is 0.396 e. The summed E-state index contributed by atoms with van der Waals surface area (Å²) in [6.07, 6.45) is 3.74. The van der Waals surface area contributed by atoms with Crippen LogP contribution in [0.15, 0.2) is 0 Å². The molecule has 14 heavy (non-hydrogen) atoms. The molecule has 1 saturated carbocycles. The average molecular weight is 242 g/mol. The van der Waals surface area contributed by atoms with Crippen molar-refractivity contribution in [3.63, 3.8) is 0 Å². The Morgan fingerprint density at radius 3 is 2.57 bits per heavy atom. The van der Waals surface area contributed by atoms with Crippen molar-refractivity contribution in [2.24, 2.45) is 5.92 Å². The van der Waals surface area contributed by atoms with E-state index in [1.807, 2.05) is 0 Å². The topological polar surface area (TPSA) is 66.4 Å². The van der Waals surface area contributed by atoms with Crippen molar-refractivity contribution in [2.75, 3.05) is 11.8 Å². The minimum absolute atomic E-state index is 0.0372. The molecule has 0 aromatic rings. The van der Waals surface area contributed by atoms with E-state index in [-0.39, 0.29) is 18.6 Å². The van der Waals surface area contributed by atoms with Gasteiger partial charge in [-0.2, -0.15) is 0 Å². The Balaban J connectivity index is 2.57. The zero-order chi connectivity index (χ0) is 10.6. The van der Waals surface area contributed by atoms with Crippen LogP contribution in [0.25, 0.3) is 0 Å². The molecule has 0 amide bonds. The van der Waals surface area contributed by atoms with Gasteiger partial charge in [0.15, 0.2) is 0 Å². The highest BCUT2D eigenvalue weighted by atomic mass is 35.5. The smallest absolute Gasteiger partial charge is 0.225 e. The molecule has 0 spiro atoms. The first-order valence-corrected chi connectivity index (χ1v) is 6.94. The Morgan fingerprint density at radius 1 is 1.36 bits per heavy atom. The fraction of sp³-hybridized carbons (Fsp3) is 1.00. The lowest BCUT2D eigenvalue weighted by atomic mass is 9.86. The molecule has 2 N–H and O–H groups in total. The summed E-state index contributed by atoms with van der Waals surface area (Å²) < 4.78 is 24.9. The fourth-order valence-electron chi connectivity index (χ4n) is 1.84. The first-order chi connectivity index (χ1) is 6.59. The van der Waals surface area contributed by atoms with Gasteiger partial charge < -0.3 is 5.11 Å². The quantitative estimate of drug-likeness (QED) is 0.711. The third-order valence-electron chi connectivity index (χ3n) is 2.62. The van der Waals surface area contributed by atoms with Crippen molar-refractivity contribution in [3.8, 4) is 0 Å². The minimum Gasteiger partial charge on any atom is -0.396 e. The second-order valence-corrected chi connectivity index (χ2v) is 6.01. The summed E-state index contributed by atoms with van der Waals surface area (Å²) in [5.74, 6) is 0.0433. The van der Waals surface area contributed by atoms with Crippen molar-refractivity contribution in [2.45, 2.75) is 31.7 Å². The number of sulfonamides is 1. The van der Waals surface area contributed by atoms with E-state index in [2.05, 4.69) is 4.72 Å². The lowest BCUT2D eigenvalue weighted by molar-refractivity contribution is 0.164. The van der Waals surface area contributed by atoms with Crippen LogP contribution >= 0.6 is 11.6 Å². The number of halogens is 1. The van der Waals surface area contributed by atoms with Gasteiger partial charge in [0, 0.05) is 12.6 Å². The van der Waals surface area contributed by atoms with E-state index in [1.165, 1.54) is 0 Å². The second-order valence-electron chi connectivity index (χ2n) is 3.68. The highest BCUT2D eigenvalue weighted by Crippen LogP contribution is 2.24. The molecule has 2 atom stereocenters. The van der Waals surface area contributed by atoms with Gasteiger partial charge in [0.1, 0.15) is 5.21 Å². The predicted molar refractivity (Wildman–Crippen MR) is 55.6 cm³/mol. The molecule has 0 saturated heterocycles. The standard InChI is InChI=1S/C8H16ClNO3S/c9-6-14(12,13)10-8-4-2-1-3-7(8)5-11/h7-8,10-11H,1-6H2. The van der Waals surface area contributed by atoms with Crippen molar-refractivity contribution in [1.82, 2.24) is 4.72 Å². The molecule has 6 heteroatoms. The highest BCUT2D eigenvalue weighted by molar-refractivity contribution is 7.90. The van der Waals surface area contributed by atoms with Crippen LogP contribution in [-0.2, 0) is 10.0 Å². The molecule has 0 radical (unpaired) electrons. The number of hydrogen-bond donors (Lipinski definition) is 2. The van der Waals surface area contributed by atoms with E-state index in [4.69, 9.17) is 16.7 Å². The summed E-state index contributed by atoms with van der Waals surface area (Å²) in [7, 11) is -3.36. The van der Waals surface area contributed by atoms with Crippen LogP contribution in [0.5, 0.6) is 0 Å². The van der Waals surface area contributed by atoms with Gasteiger partial charge in [0.2, 0.25) is 10.0 Å². The summed E-state index contributed by atoms with van der Waals surface area (Å²) in [6, 6.07) is -0.141. The van der Waals surface area contributed by atoms with Gasteiger partial charge in [-0.05, 0) is 18.8 Å². The van der Waals surface area contributed by atoms with Crippen LogP contribution in [0, 0.1) is 5.92 Å². The van der Waals surface area contributed by atoms with E-state index in [0.717, 1.165) is 25.7 Å². The number of rotatable bonds is 4. The lowest BCUT2D eigenvalue weighted by Crippen LogP contribution is -2.43. The Morgan fingerprint density at radius 2 is 2.00 bits per heavy atom. The third-order valence-corrected chi connectivity index (χ3v) is 4.43. The molecule has 4 nitrogen and oxygen atoms in total. The van der Waals surface area contributed by atoms with Gasteiger partial charge in [0.25, 0.3) is 0 Å². The summed E-state index contributed by atoms with van der Waals surface area (Å²) in [4.78, 5) is 0. The Labute approximate surface area is 89.7 Å². The van der Waals surface area contributed by atoms with Crippen LogP contribution in [0.4, 0.5) is 0 Å². The fourth-order valence-corrected chi connectivity index (χ4v) is 2.87. The molecule has 0 aliphatic heterocycles. The molecule has 0 aromatic carbocycles. The molecule has 2 unspecified atom stereocenters. The van der Waals surface area contributed by atoms with E-state index >= 15 is 0 Å². The molecule has 0 aromatic heterocycles. The summed E-state index contributed by atoms with van der Waals surface area (Å²) in [6.45, 7) is 0.0372. The van der Waals surface area contributed by atoms with Crippen LogP contribution in [0.3, 0.4) is 0 Å². The zero-order valence-corrected chi connectivity index (χ0v) is 9.52. The van der Waals surface area contributed by atoms with E-state index in [0.29, 0.717) is 0 Å². The predicted octanol–water partition coefficient (Wildman–Crippen LogP) is 0.653. The number of nitrogens with one attached hydrogen (secondary N) is 1. The summed E-state index contributed by atoms with van der Waals surface area (Å²) in [5, 5.41) is 8.65. The Bertz CT molecular complexity index is 268. The van der Waals surface area contributed by atoms with E-state index in [1.54, 1.807) is 0 Å². The van der Waals surface area contributed by atoms with Gasteiger partial charge >= 0.3 is 0 Å². The normalized spacial score (nSPS) is 29.0. The molecule has 1 fully saturated rings. The first kappa shape index (κ1) is 12.2. The van der Waals surface area contributed by atoms with Gasteiger partial charge in [-0.3, -0.25) is 0 Å². The van der Waals surface area contributed by atoms with Crippen LogP contribution in [-0.4, -0.2) is 31.4 Å². The maximum Gasteiger partial charge on any atom is 0.225 e. The van der Waals surface area contributed by atoms with Crippen molar-refractivity contribution in [1.29, 1.82) is 0 Å². The molecule has 1 aliphatic carbocycles. The first-order valence-electron chi connectivity index (χ1n) is 4.76. The molecule has 84 valence electrons. The minimum atomic E-state index is -3.36. The van der Waals surface area contributed by atoms with Crippen LogP contribution in [0.2, 0.25) is 0 Å². The monoisotopic (exact) mass is 241 g/mol. The highest BCUT2D eigenvalue weighted by Gasteiger charge is 2.27. The Hall–Kier alpha value is 0.160. The van der Waals surface area contributed by atoms with Crippen LogP contribution in [0.1, 0.15) is 25.7 Å². The molecule has 0 bridgehead atoms. The van der Waals surface area contributed by atoms with Gasteiger partial charge in [-0.25, -0.2) is 13.1 Å². The maximum atomic E-state index is 11.2. The SMILES string of the molecule is O=S(=O)(CCl)NC1CCCCC1CO. The number of hydrogen-bond acceptors (Lipinski definition) is 3. The van der Waals surface area contributed by atoms with Gasteiger partial charge in [-0.1, -0.05) is 12.8 Å².